The Hall–Kier alpha value is -3.87. The van der Waals surface area contributed by atoms with Gasteiger partial charge in [0.05, 0.1) is 27.6 Å². The molecule has 0 radical (unpaired) electrons. The van der Waals surface area contributed by atoms with Gasteiger partial charge < -0.3 is 28.6 Å². The summed E-state index contributed by atoms with van der Waals surface area (Å²) in [4.78, 5) is 27.7. The zero-order valence-corrected chi connectivity index (χ0v) is 24.2. The van der Waals surface area contributed by atoms with E-state index in [1.165, 1.54) is 0 Å². The summed E-state index contributed by atoms with van der Waals surface area (Å²) in [5.41, 5.74) is 2.34. The molecule has 8 nitrogen and oxygen atoms in total. The van der Waals surface area contributed by atoms with Gasteiger partial charge in [-0.15, -0.1) is 0 Å². The molecule has 0 spiro atoms. The number of hydrogen-bond donors (Lipinski definition) is 1. The number of benzene rings is 3. The summed E-state index contributed by atoms with van der Waals surface area (Å²) in [6, 6.07) is 16.0. The third-order valence-corrected chi connectivity index (χ3v) is 8.79. The predicted molar refractivity (Wildman–Crippen MR) is 159 cm³/mol. The monoisotopic (exact) mass is 593 g/mol. The van der Waals surface area contributed by atoms with Crippen molar-refractivity contribution in [2.45, 2.75) is 51.3 Å². The van der Waals surface area contributed by atoms with Crippen LogP contribution >= 0.6 is 0 Å². The van der Waals surface area contributed by atoms with Gasteiger partial charge in [0.1, 0.15) is 6.23 Å². The number of halogens is 3. The standard InChI is InChI=1S/C27H21N3O4.C4H10O.BF3/c1-26-27(33,13-31)11-19(34-26)29-17-9-5-3-7-14(17)21-22-16(12-28(2)25(22)32)20-15-8-4-6-10-18(15)30(26)24(20)23(21)29;1-3-5-4-2;2-1(3)4/h3-10,13,19,33H,11-12H2,1-2H3;3-4H2,1-2H3;/t19-,26+,27+;;/m1../s1. The second-order valence-corrected chi connectivity index (χ2v) is 11.0. The van der Waals surface area contributed by atoms with Gasteiger partial charge in [0.15, 0.2) is 17.6 Å². The Morgan fingerprint density at radius 2 is 1.60 bits per heavy atom. The maximum absolute atomic E-state index is 13.5. The fourth-order valence-electron chi connectivity index (χ4n) is 7.05. The van der Waals surface area contributed by atoms with Crippen LogP contribution < -0.4 is 0 Å². The molecule has 5 heterocycles. The largest absolute Gasteiger partial charge is 0.762 e. The zero-order chi connectivity index (χ0) is 30.8. The molecule has 12 heteroatoms. The van der Waals surface area contributed by atoms with Crippen LogP contribution in [0.4, 0.5) is 12.9 Å². The molecule has 1 fully saturated rings. The number of ether oxygens (including phenoxy) is 2. The van der Waals surface area contributed by atoms with Crippen molar-refractivity contribution >= 4 is 63.3 Å². The molecule has 3 aliphatic heterocycles. The van der Waals surface area contributed by atoms with E-state index in [9.17, 15) is 27.6 Å². The summed E-state index contributed by atoms with van der Waals surface area (Å²) in [6.07, 6.45) is 0.197. The smallest absolute Gasteiger partial charge is 0.382 e. The highest BCUT2D eigenvalue weighted by Gasteiger charge is 2.61. The second-order valence-electron chi connectivity index (χ2n) is 11.0. The topological polar surface area (TPSA) is 85.9 Å². The fourth-order valence-corrected chi connectivity index (χ4v) is 7.05. The van der Waals surface area contributed by atoms with Crippen LogP contribution in [-0.4, -0.2) is 64.7 Å². The average Bonchev–Trinajstić information content (AvgIpc) is 3.64. The summed E-state index contributed by atoms with van der Waals surface area (Å²) in [7, 11) is -1.83. The van der Waals surface area contributed by atoms with Crippen molar-refractivity contribution in [3.05, 3.63) is 59.7 Å². The maximum Gasteiger partial charge on any atom is 0.762 e. The van der Waals surface area contributed by atoms with Crippen LogP contribution in [-0.2, 0) is 26.5 Å². The zero-order valence-electron chi connectivity index (χ0n) is 24.2. The number of aliphatic hydroxyl groups is 1. The van der Waals surface area contributed by atoms with Crippen LogP contribution in [0.2, 0.25) is 0 Å². The van der Waals surface area contributed by atoms with Gasteiger partial charge >= 0.3 is 7.54 Å². The van der Waals surface area contributed by atoms with Crippen molar-refractivity contribution in [1.82, 2.24) is 14.0 Å². The summed E-state index contributed by atoms with van der Waals surface area (Å²) >= 11 is 0. The van der Waals surface area contributed by atoms with Gasteiger partial charge in [-0.05, 0) is 38.5 Å². The van der Waals surface area contributed by atoms with E-state index in [4.69, 9.17) is 9.47 Å². The van der Waals surface area contributed by atoms with Gasteiger partial charge in [-0.25, -0.2) is 0 Å². The van der Waals surface area contributed by atoms with Gasteiger partial charge in [0.25, 0.3) is 5.91 Å². The van der Waals surface area contributed by atoms with Gasteiger partial charge in [0, 0.05) is 54.8 Å². The first-order valence-electron chi connectivity index (χ1n) is 14.2. The summed E-state index contributed by atoms with van der Waals surface area (Å²) in [6.45, 7) is 7.98. The van der Waals surface area contributed by atoms with E-state index < -0.39 is 25.1 Å². The SMILES string of the molecule is CCOCC.CN1Cc2c(c3c4ccccc4n4c3c3c2c2ccccc2n3[C@@]2(C)O[C@@H]4C[C@]2(O)C=O)C1=O.FB(F)F. The summed E-state index contributed by atoms with van der Waals surface area (Å²) in [5, 5.41) is 15.5. The number of rotatable bonds is 3. The molecule has 3 aliphatic rings. The minimum atomic E-state index is -3.67. The van der Waals surface area contributed by atoms with E-state index >= 15 is 0 Å². The van der Waals surface area contributed by atoms with Crippen LogP contribution in [0.3, 0.4) is 0 Å². The lowest BCUT2D eigenvalue weighted by molar-refractivity contribution is -0.177. The summed E-state index contributed by atoms with van der Waals surface area (Å²) in [5.74, 6) is 0.0163. The average molecular weight is 593 g/mol. The number of carbonyl (C=O) groups is 2. The molecule has 0 aliphatic carbocycles. The lowest BCUT2D eigenvalue weighted by Gasteiger charge is -2.36. The van der Waals surface area contributed by atoms with Gasteiger partial charge in [-0.2, -0.15) is 0 Å². The molecule has 1 saturated heterocycles. The Balaban J connectivity index is 0.000000325. The fraction of sp³-hybridized carbons (Fsp3) is 0.355. The first-order chi connectivity index (χ1) is 20.5. The van der Waals surface area contributed by atoms with E-state index in [-0.39, 0.29) is 12.3 Å². The van der Waals surface area contributed by atoms with Crippen molar-refractivity contribution in [3.8, 4) is 0 Å². The van der Waals surface area contributed by atoms with Crippen LogP contribution in [0.1, 0.15) is 49.3 Å². The number of carbonyl (C=O) groups excluding carboxylic acids is 2. The maximum atomic E-state index is 13.5. The molecule has 3 atom stereocenters. The van der Waals surface area contributed by atoms with Crippen LogP contribution in [0.15, 0.2) is 48.5 Å². The van der Waals surface area contributed by atoms with E-state index in [1.807, 2.05) is 74.0 Å². The van der Waals surface area contributed by atoms with E-state index in [0.29, 0.717) is 12.8 Å². The predicted octanol–water partition coefficient (Wildman–Crippen LogP) is 5.95. The number of aldehydes is 1. The number of fused-ring (bicyclic) bond motifs is 13. The van der Waals surface area contributed by atoms with Crippen LogP contribution in [0.5, 0.6) is 0 Å². The Bertz CT molecular complexity index is 1920. The van der Waals surface area contributed by atoms with Gasteiger partial charge in [-0.1, -0.05) is 36.4 Å². The highest BCUT2D eigenvalue weighted by Crippen LogP contribution is 2.57. The lowest BCUT2D eigenvalue weighted by Crippen LogP contribution is -2.51. The van der Waals surface area contributed by atoms with Crippen LogP contribution in [0, 0.1) is 0 Å². The van der Waals surface area contributed by atoms with Crippen molar-refractivity contribution in [3.63, 3.8) is 0 Å². The molecule has 0 saturated carbocycles. The molecule has 224 valence electrons. The van der Waals surface area contributed by atoms with Gasteiger partial charge in [0.2, 0.25) is 0 Å². The molecule has 1 amide bonds. The van der Waals surface area contributed by atoms with E-state index in [2.05, 4.69) is 4.57 Å². The van der Waals surface area contributed by atoms with Crippen molar-refractivity contribution < 1.29 is 37.1 Å². The second kappa shape index (κ2) is 10.4. The normalized spacial score (nSPS) is 23.4. The highest BCUT2D eigenvalue weighted by atomic mass is 19.4. The molecule has 5 aromatic rings. The van der Waals surface area contributed by atoms with E-state index in [1.54, 1.807) is 11.8 Å². The lowest BCUT2D eigenvalue weighted by atomic mass is 9.90. The molecule has 3 aromatic carbocycles. The Kier molecular flexibility index (Phi) is 7.06. The number of nitrogens with zero attached hydrogens (tertiary/aromatic N) is 3. The third kappa shape index (κ3) is 3.96. The Labute approximate surface area is 245 Å². The first-order valence-corrected chi connectivity index (χ1v) is 14.2. The minimum absolute atomic E-state index is 0.0163. The van der Waals surface area contributed by atoms with Gasteiger partial charge in [-0.3, -0.25) is 22.5 Å². The molecule has 1 N–H and O–H groups in total. The number of hydrogen-bond acceptors (Lipinski definition) is 5. The quantitative estimate of drug-likeness (QED) is 0.207. The van der Waals surface area contributed by atoms with Crippen LogP contribution in [0.25, 0.3) is 43.6 Å². The number of aromatic nitrogens is 2. The number of amides is 1. The minimum Gasteiger partial charge on any atom is -0.382 e. The molecule has 2 bridgehead atoms. The first kappa shape index (κ1) is 29.2. The Morgan fingerprint density at radius 3 is 2.19 bits per heavy atom. The van der Waals surface area contributed by atoms with Crippen molar-refractivity contribution in [2.24, 2.45) is 0 Å². The third-order valence-electron chi connectivity index (χ3n) is 8.79. The molecule has 43 heavy (non-hydrogen) atoms. The molecule has 8 rings (SSSR count). The van der Waals surface area contributed by atoms with Crippen molar-refractivity contribution in [1.29, 1.82) is 0 Å². The molecule has 0 unspecified atom stereocenters. The number of para-hydroxylation sites is 2. The Morgan fingerprint density at radius 1 is 1.02 bits per heavy atom. The van der Waals surface area contributed by atoms with E-state index in [0.717, 1.165) is 68.0 Å². The molecule has 2 aromatic heterocycles. The van der Waals surface area contributed by atoms with Crippen molar-refractivity contribution in [2.75, 3.05) is 20.3 Å². The molecular weight excluding hydrogens is 562 g/mol. The highest BCUT2D eigenvalue weighted by molar-refractivity contribution is 6.33. The summed E-state index contributed by atoms with van der Waals surface area (Å²) < 4.78 is 44.6. The molecular formula is C31H31BF3N3O5.